The van der Waals surface area contributed by atoms with Crippen LogP contribution in [0.25, 0.3) is 0 Å². The summed E-state index contributed by atoms with van der Waals surface area (Å²) in [6, 6.07) is 7.91. The topological polar surface area (TPSA) is 29.5 Å². The van der Waals surface area contributed by atoms with Crippen molar-refractivity contribution in [1.29, 1.82) is 0 Å². The maximum Gasteiger partial charge on any atom is 0.415 e. The second kappa shape index (κ2) is 10.5. The van der Waals surface area contributed by atoms with E-state index in [1.54, 1.807) is 4.90 Å². The van der Waals surface area contributed by atoms with Gasteiger partial charge in [0.05, 0.1) is 0 Å². The molecule has 22 heavy (non-hydrogen) atoms. The van der Waals surface area contributed by atoms with E-state index in [0.29, 0.717) is 24.8 Å². The number of hydrogen-bond acceptors (Lipinski definition) is 3. The number of ether oxygens (including phenoxy) is 1. The highest BCUT2D eigenvalue weighted by atomic mass is 32.1. The van der Waals surface area contributed by atoms with Crippen LogP contribution in [-0.2, 0) is 0 Å². The standard InChI is InChI=1S/C18H29NO2S/c1-4-19(5-2)18(20)21-17-12-10-16(11-13-17)15(3)9-7-6-8-14-22/h10-13,15,22H,4-9,14H2,1-3H3. The van der Waals surface area contributed by atoms with Gasteiger partial charge in [-0.15, -0.1) is 0 Å². The molecule has 0 radical (unpaired) electrons. The average Bonchev–Trinajstić information content (AvgIpc) is 2.53. The minimum Gasteiger partial charge on any atom is -0.410 e. The van der Waals surface area contributed by atoms with E-state index in [2.05, 4.69) is 31.7 Å². The maximum atomic E-state index is 11.9. The molecule has 0 N–H and O–H groups in total. The molecule has 1 rings (SSSR count). The first-order valence-electron chi connectivity index (χ1n) is 8.29. The quantitative estimate of drug-likeness (QED) is 0.505. The van der Waals surface area contributed by atoms with Crippen molar-refractivity contribution >= 4 is 18.7 Å². The number of carbonyl (C=O) groups excluding carboxylic acids is 1. The van der Waals surface area contributed by atoms with Crippen molar-refractivity contribution in [2.45, 2.75) is 52.4 Å². The van der Waals surface area contributed by atoms with Gasteiger partial charge in [-0.1, -0.05) is 31.9 Å². The Morgan fingerprint density at radius 1 is 1.14 bits per heavy atom. The van der Waals surface area contributed by atoms with Gasteiger partial charge in [0, 0.05) is 13.1 Å². The molecule has 0 aliphatic rings. The molecule has 0 saturated heterocycles. The van der Waals surface area contributed by atoms with E-state index in [1.807, 2.05) is 26.0 Å². The lowest BCUT2D eigenvalue weighted by Gasteiger charge is -2.18. The van der Waals surface area contributed by atoms with Crippen molar-refractivity contribution in [3.05, 3.63) is 29.8 Å². The van der Waals surface area contributed by atoms with Crippen LogP contribution in [0.5, 0.6) is 5.75 Å². The predicted molar refractivity (Wildman–Crippen MR) is 96.1 cm³/mol. The largest absolute Gasteiger partial charge is 0.415 e. The summed E-state index contributed by atoms with van der Waals surface area (Å²) in [4.78, 5) is 13.6. The zero-order valence-corrected chi connectivity index (χ0v) is 14.9. The summed E-state index contributed by atoms with van der Waals surface area (Å²) < 4.78 is 5.38. The van der Waals surface area contributed by atoms with Crippen molar-refractivity contribution in [3.63, 3.8) is 0 Å². The Morgan fingerprint density at radius 2 is 1.77 bits per heavy atom. The highest BCUT2D eigenvalue weighted by Gasteiger charge is 2.12. The number of carbonyl (C=O) groups is 1. The van der Waals surface area contributed by atoms with Gasteiger partial charge in [0.2, 0.25) is 0 Å². The van der Waals surface area contributed by atoms with E-state index in [9.17, 15) is 4.79 Å². The van der Waals surface area contributed by atoms with Gasteiger partial charge in [0.15, 0.2) is 0 Å². The first-order valence-corrected chi connectivity index (χ1v) is 8.93. The average molecular weight is 324 g/mol. The number of amides is 1. The lowest BCUT2D eigenvalue weighted by atomic mass is 9.95. The Kier molecular flexibility index (Phi) is 9.05. The summed E-state index contributed by atoms with van der Waals surface area (Å²) >= 11 is 4.24. The molecule has 1 atom stereocenters. The molecule has 4 heteroatoms. The molecule has 0 aliphatic carbocycles. The Bertz CT molecular complexity index is 429. The van der Waals surface area contributed by atoms with Crippen molar-refractivity contribution in [2.24, 2.45) is 0 Å². The van der Waals surface area contributed by atoms with Gasteiger partial charge >= 0.3 is 6.09 Å². The van der Waals surface area contributed by atoms with E-state index < -0.39 is 0 Å². The van der Waals surface area contributed by atoms with Crippen LogP contribution in [0.3, 0.4) is 0 Å². The van der Waals surface area contributed by atoms with E-state index in [1.165, 1.54) is 31.2 Å². The van der Waals surface area contributed by atoms with Gasteiger partial charge in [0.1, 0.15) is 5.75 Å². The third kappa shape index (κ3) is 6.30. The Hall–Kier alpha value is -1.16. The van der Waals surface area contributed by atoms with Gasteiger partial charge in [0.25, 0.3) is 0 Å². The van der Waals surface area contributed by atoms with Crippen molar-refractivity contribution in [1.82, 2.24) is 4.90 Å². The molecule has 3 nitrogen and oxygen atoms in total. The fourth-order valence-electron chi connectivity index (χ4n) is 2.42. The summed E-state index contributed by atoms with van der Waals surface area (Å²) in [7, 11) is 0. The van der Waals surface area contributed by atoms with E-state index in [-0.39, 0.29) is 6.09 Å². The van der Waals surface area contributed by atoms with Crippen molar-refractivity contribution in [3.8, 4) is 5.75 Å². The molecule has 0 fully saturated rings. The first kappa shape index (κ1) is 18.9. The molecule has 1 aromatic carbocycles. The minimum absolute atomic E-state index is 0.280. The fourth-order valence-corrected chi connectivity index (χ4v) is 2.64. The number of thiol groups is 1. The molecule has 1 amide bonds. The zero-order valence-electron chi connectivity index (χ0n) is 14.0. The summed E-state index contributed by atoms with van der Waals surface area (Å²) in [5, 5.41) is 0. The number of unbranched alkanes of at least 4 members (excludes halogenated alkanes) is 2. The van der Waals surface area contributed by atoms with Crippen LogP contribution in [0.15, 0.2) is 24.3 Å². The second-order valence-corrected chi connectivity index (χ2v) is 6.03. The van der Waals surface area contributed by atoms with Gasteiger partial charge in [-0.05, 0) is 56.1 Å². The Morgan fingerprint density at radius 3 is 2.32 bits per heavy atom. The summed E-state index contributed by atoms with van der Waals surface area (Å²) in [6.45, 7) is 7.47. The van der Waals surface area contributed by atoms with E-state index >= 15 is 0 Å². The number of nitrogens with zero attached hydrogens (tertiary/aromatic N) is 1. The van der Waals surface area contributed by atoms with Gasteiger partial charge in [-0.3, -0.25) is 0 Å². The lowest BCUT2D eigenvalue weighted by Crippen LogP contribution is -2.33. The highest BCUT2D eigenvalue weighted by Crippen LogP contribution is 2.24. The molecule has 124 valence electrons. The lowest BCUT2D eigenvalue weighted by molar-refractivity contribution is 0.157. The number of hydrogen-bond donors (Lipinski definition) is 1. The molecule has 1 aromatic rings. The third-order valence-electron chi connectivity index (χ3n) is 3.97. The summed E-state index contributed by atoms with van der Waals surface area (Å²) in [5.41, 5.74) is 1.30. The molecular weight excluding hydrogens is 294 g/mol. The van der Waals surface area contributed by atoms with Crippen LogP contribution >= 0.6 is 12.6 Å². The van der Waals surface area contributed by atoms with Crippen LogP contribution in [0, 0.1) is 0 Å². The third-order valence-corrected chi connectivity index (χ3v) is 4.29. The van der Waals surface area contributed by atoms with Crippen LogP contribution in [0.4, 0.5) is 4.79 Å². The fraction of sp³-hybridized carbons (Fsp3) is 0.611. The van der Waals surface area contributed by atoms with Gasteiger partial charge in [-0.25, -0.2) is 4.79 Å². The maximum absolute atomic E-state index is 11.9. The van der Waals surface area contributed by atoms with Gasteiger partial charge in [-0.2, -0.15) is 12.6 Å². The molecule has 0 heterocycles. The van der Waals surface area contributed by atoms with Crippen LogP contribution in [-0.4, -0.2) is 29.8 Å². The monoisotopic (exact) mass is 323 g/mol. The molecule has 0 saturated carbocycles. The molecule has 0 aliphatic heterocycles. The zero-order chi connectivity index (χ0) is 16.4. The normalized spacial score (nSPS) is 12.0. The molecule has 0 aromatic heterocycles. The molecule has 0 spiro atoms. The SMILES string of the molecule is CCN(CC)C(=O)Oc1ccc(C(C)CCCCCS)cc1. The van der Waals surface area contributed by atoms with E-state index in [0.717, 1.165) is 5.75 Å². The van der Waals surface area contributed by atoms with Crippen LogP contribution in [0.2, 0.25) is 0 Å². The predicted octanol–water partition coefficient (Wildman–Crippen LogP) is 5.12. The first-order chi connectivity index (χ1) is 10.6. The Balaban J connectivity index is 2.50. The van der Waals surface area contributed by atoms with Crippen molar-refractivity contribution < 1.29 is 9.53 Å². The summed E-state index contributed by atoms with van der Waals surface area (Å²) in [6.07, 6.45) is 4.58. The smallest absolute Gasteiger partial charge is 0.410 e. The minimum atomic E-state index is -0.280. The van der Waals surface area contributed by atoms with Crippen molar-refractivity contribution in [2.75, 3.05) is 18.8 Å². The van der Waals surface area contributed by atoms with Crippen LogP contribution in [0.1, 0.15) is 57.9 Å². The second-order valence-electron chi connectivity index (χ2n) is 5.58. The number of benzene rings is 1. The van der Waals surface area contributed by atoms with E-state index in [4.69, 9.17) is 4.74 Å². The molecule has 0 bridgehead atoms. The number of rotatable bonds is 9. The Labute approximate surface area is 140 Å². The van der Waals surface area contributed by atoms with Crippen LogP contribution < -0.4 is 4.74 Å². The highest BCUT2D eigenvalue weighted by molar-refractivity contribution is 7.80. The summed E-state index contributed by atoms with van der Waals surface area (Å²) in [5.74, 6) is 2.12. The molecular formula is C18H29NO2S. The molecule has 1 unspecified atom stereocenters. The van der Waals surface area contributed by atoms with Gasteiger partial charge < -0.3 is 9.64 Å².